The van der Waals surface area contributed by atoms with Gasteiger partial charge in [0.05, 0.1) is 0 Å². The zero-order chi connectivity index (χ0) is 17.5. The lowest BCUT2D eigenvalue weighted by Gasteiger charge is -2.16. The van der Waals surface area contributed by atoms with Crippen molar-refractivity contribution >= 4 is 11.9 Å². The van der Waals surface area contributed by atoms with E-state index < -0.39 is 12.1 Å². The zero-order valence-electron chi connectivity index (χ0n) is 14.3. The summed E-state index contributed by atoms with van der Waals surface area (Å²) in [4.78, 5) is 24.1. The summed E-state index contributed by atoms with van der Waals surface area (Å²) in [7, 11) is 0. The van der Waals surface area contributed by atoms with Crippen LogP contribution in [0.4, 0.5) is 0 Å². The summed E-state index contributed by atoms with van der Waals surface area (Å²) in [5, 5.41) is 12.7. The first-order valence-corrected chi connectivity index (χ1v) is 8.44. The molecule has 0 spiro atoms. The summed E-state index contributed by atoms with van der Waals surface area (Å²) in [6.45, 7) is 3.77. The fraction of sp³-hybridized carbons (Fsp3) is 0.474. The van der Waals surface area contributed by atoms with Crippen molar-refractivity contribution in [1.29, 1.82) is 0 Å². The highest BCUT2D eigenvalue weighted by Crippen LogP contribution is 2.22. The van der Waals surface area contributed by atoms with E-state index in [4.69, 9.17) is 4.74 Å². The molecule has 2 rings (SSSR count). The van der Waals surface area contributed by atoms with Gasteiger partial charge in [0.15, 0.2) is 6.10 Å². The third-order valence-corrected chi connectivity index (χ3v) is 4.24. The molecule has 1 aromatic rings. The van der Waals surface area contributed by atoms with Gasteiger partial charge in [-0.1, -0.05) is 23.8 Å². The van der Waals surface area contributed by atoms with E-state index in [1.54, 1.807) is 19.1 Å². The van der Waals surface area contributed by atoms with E-state index in [0.717, 1.165) is 19.3 Å². The molecule has 5 heteroatoms. The standard InChI is InChI=1S/C19H25NO4/c1-13-7-6-10-16(17(13)21)19(23)24-14(2)18(22)20-12-11-15-8-4-3-5-9-15/h6-8,10,14,21H,3-5,9,11-12H2,1-2H3,(H,20,22). The molecule has 0 saturated carbocycles. The molecule has 1 aromatic carbocycles. The molecule has 0 saturated heterocycles. The summed E-state index contributed by atoms with van der Waals surface area (Å²) in [5.41, 5.74) is 2.04. The van der Waals surface area contributed by atoms with E-state index in [1.807, 2.05) is 0 Å². The molecule has 0 bridgehead atoms. The predicted octanol–water partition coefficient (Wildman–Crippen LogP) is 3.25. The SMILES string of the molecule is Cc1cccc(C(=O)OC(C)C(=O)NCCC2=CCCCC2)c1O. The highest BCUT2D eigenvalue weighted by atomic mass is 16.5. The predicted molar refractivity (Wildman–Crippen MR) is 91.9 cm³/mol. The number of allylic oxidation sites excluding steroid dienone is 1. The molecule has 1 unspecified atom stereocenters. The van der Waals surface area contributed by atoms with Crippen LogP contribution in [0.5, 0.6) is 5.75 Å². The Hall–Kier alpha value is -2.30. The third kappa shape index (κ3) is 4.85. The van der Waals surface area contributed by atoms with Crippen LogP contribution >= 0.6 is 0 Å². The van der Waals surface area contributed by atoms with Gasteiger partial charge in [0.2, 0.25) is 0 Å². The van der Waals surface area contributed by atoms with Gasteiger partial charge in [-0.25, -0.2) is 4.79 Å². The number of esters is 1. The van der Waals surface area contributed by atoms with Crippen LogP contribution in [0.2, 0.25) is 0 Å². The van der Waals surface area contributed by atoms with Crippen LogP contribution in [-0.2, 0) is 9.53 Å². The van der Waals surface area contributed by atoms with Crippen molar-refractivity contribution in [2.75, 3.05) is 6.54 Å². The first-order chi connectivity index (χ1) is 11.5. The summed E-state index contributed by atoms with van der Waals surface area (Å²) in [6, 6.07) is 4.83. The Bertz CT molecular complexity index is 636. The number of carbonyl (C=O) groups excluding carboxylic acids is 2. The van der Waals surface area contributed by atoms with Gasteiger partial charge in [-0.15, -0.1) is 0 Å². The lowest BCUT2D eigenvalue weighted by Crippen LogP contribution is -2.36. The molecule has 0 radical (unpaired) electrons. The maximum atomic E-state index is 12.1. The van der Waals surface area contributed by atoms with E-state index in [-0.39, 0.29) is 17.2 Å². The van der Waals surface area contributed by atoms with Crippen LogP contribution in [0.15, 0.2) is 29.8 Å². The fourth-order valence-electron chi connectivity index (χ4n) is 2.72. The maximum Gasteiger partial charge on any atom is 0.342 e. The van der Waals surface area contributed by atoms with Crippen molar-refractivity contribution in [2.45, 2.75) is 52.1 Å². The van der Waals surface area contributed by atoms with Crippen LogP contribution in [-0.4, -0.2) is 29.6 Å². The van der Waals surface area contributed by atoms with Crippen molar-refractivity contribution < 1.29 is 19.4 Å². The number of hydrogen-bond acceptors (Lipinski definition) is 4. The summed E-state index contributed by atoms with van der Waals surface area (Å²) in [5.74, 6) is -1.14. The van der Waals surface area contributed by atoms with E-state index in [9.17, 15) is 14.7 Å². The van der Waals surface area contributed by atoms with Gasteiger partial charge in [-0.3, -0.25) is 4.79 Å². The molecule has 1 aliphatic carbocycles. The second-order valence-corrected chi connectivity index (χ2v) is 6.17. The highest BCUT2D eigenvalue weighted by Gasteiger charge is 2.21. The topological polar surface area (TPSA) is 75.6 Å². The monoisotopic (exact) mass is 331 g/mol. The second kappa shape index (κ2) is 8.52. The van der Waals surface area contributed by atoms with Crippen LogP contribution in [0.1, 0.15) is 54.9 Å². The van der Waals surface area contributed by atoms with E-state index in [1.165, 1.54) is 31.4 Å². The molecule has 2 N–H and O–H groups in total. The van der Waals surface area contributed by atoms with Crippen molar-refractivity contribution in [2.24, 2.45) is 0 Å². The molecule has 1 aliphatic rings. The minimum Gasteiger partial charge on any atom is -0.507 e. The lowest BCUT2D eigenvalue weighted by molar-refractivity contribution is -0.129. The molecule has 1 amide bonds. The van der Waals surface area contributed by atoms with Gasteiger partial charge in [-0.05, 0) is 57.6 Å². The van der Waals surface area contributed by atoms with Gasteiger partial charge < -0.3 is 15.2 Å². The van der Waals surface area contributed by atoms with Gasteiger partial charge in [0.25, 0.3) is 5.91 Å². The Morgan fingerprint density at radius 3 is 2.83 bits per heavy atom. The number of ether oxygens (including phenoxy) is 1. The summed E-state index contributed by atoms with van der Waals surface area (Å²) in [6.07, 6.45) is 6.87. The Labute approximate surface area is 142 Å². The number of aromatic hydroxyl groups is 1. The fourth-order valence-corrected chi connectivity index (χ4v) is 2.72. The highest BCUT2D eigenvalue weighted by molar-refractivity contribution is 5.94. The van der Waals surface area contributed by atoms with Crippen molar-refractivity contribution in [3.8, 4) is 5.75 Å². The Morgan fingerprint density at radius 1 is 1.33 bits per heavy atom. The number of carbonyl (C=O) groups is 2. The number of hydrogen-bond donors (Lipinski definition) is 2. The van der Waals surface area contributed by atoms with Crippen LogP contribution in [0.3, 0.4) is 0 Å². The number of amides is 1. The Kier molecular flexibility index (Phi) is 6.41. The average molecular weight is 331 g/mol. The largest absolute Gasteiger partial charge is 0.507 e. The first-order valence-electron chi connectivity index (χ1n) is 8.44. The average Bonchev–Trinajstić information content (AvgIpc) is 2.58. The number of aryl methyl sites for hydroxylation is 1. The normalized spacial score (nSPS) is 15.3. The molecule has 5 nitrogen and oxygen atoms in total. The second-order valence-electron chi connectivity index (χ2n) is 6.17. The quantitative estimate of drug-likeness (QED) is 0.620. The molecule has 1 atom stereocenters. The van der Waals surface area contributed by atoms with Crippen molar-refractivity contribution in [3.63, 3.8) is 0 Å². The van der Waals surface area contributed by atoms with Crippen LogP contribution < -0.4 is 5.32 Å². The molecule has 0 aromatic heterocycles. The Balaban J connectivity index is 1.81. The Morgan fingerprint density at radius 2 is 2.12 bits per heavy atom. The van der Waals surface area contributed by atoms with Gasteiger partial charge in [0, 0.05) is 6.54 Å². The van der Waals surface area contributed by atoms with Gasteiger partial charge in [-0.2, -0.15) is 0 Å². The number of rotatable bonds is 6. The summed E-state index contributed by atoms with van der Waals surface area (Å²) >= 11 is 0. The third-order valence-electron chi connectivity index (χ3n) is 4.24. The minimum absolute atomic E-state index is 0.0713. The molecule has 0 fully saturated rings. The van der Waals surface area contributed by atoms with Crippen LogP contribution in [0.25, 0.3) is 0 Å². The lowest BCUT2D eigenvalue weighted by atomic mass is 9.97. The van der Waals surface area contributed by atoms with Gasteiger partial charge >= 0.3 is 5.97 Å². The number of phenolic OH excluding ortho intramolecular Hbond substituents is 1. The minimum atomic E-state index is -0.905. The number of benzene rings is 1. The van der Waals surface area contributed by atoms with Gasteiger partial charge in [0.1, 0.15) is 11.3 Å². The van der Waals surface area contributed by atoms with E-state index >= 15 is 0 Å². The first kappa shape index (κ1) is 18.0. The molecular formula is C19H25NO4. The van der Waals surface area contributed by atoms with Crippen molar-refractivity contribution in [3.05, 3.63) is 41.0 Å². The van der Waals surface area contributed by atoms with E-state index in [0.29, 0.717) is 12.1 Å². The molecule has 24 heavy (non-hydrogen) atoms. The number of para-hydroxylation sites is 1. The number of nitrogens with one attached hydrogen (secondary N) is 1. The van der Waals surface area contributed by atoms with Crippen molar-refractivity contribution in [1.82, 2.24) is 5.32 Å². The van der Waals surface area contributed by atoms with E-state index in [2.05, 4.69) is 11.4 Å². The number of phenols is 1. The molecule has 0 aliphatic heterocycles. The smallest absolute Gasteiger partial charge is 0.342 e. The molecule has 0 heterocycles. The van der Waals surface area contributed by atoms with Crippen LogP contribution in [0, 0.1) is 6.92 Å². The summed E-state index contributed by atoms with van der Waals surface area (Å²) < 4.78 is 5.15. The molecule has 130 valence electrons. The maximum absolute atomic E-state index is 12.1. The zero-order valence-corrected chi connectivity index (χ0v) is 14.3. The molecular weight excluding hydrogens is 306 g/mol.